The first-order valence-corrected chi connectivity index (χ1v) is 7.97. The minimum Gasteiger partial charge on any atom is -0.368 e. The molecule has 0 heterocycles. The maximum absolute atomic E-state index is 12.0. The average molecular weight is 300 g/mol. The van der Waals surface area contributed by atoms with Crippen LogP contribution in [0, 0.1) is 5.92 Å². The van der Waals surface area contributed by atoms with E-state index in [4.69, 9.17) is 5.73 Å². The molecule has 1 aliphatic carbocycles. The first-order valence-electron chi connectivity index (χ1n) is 7.97. The van der Waals surface area contributed by atoms with Crippen molar-refractivity contribution in [3.05, 3.63) is 48.0 Å². The van der Waals surface area contributed by atoms with Gasteiger partial charge >= 0.3 is 0 Å². The predicted octanol–water partition coefficient (Wildman–Crippen LogP) is 2.34. The zero-order chi connectivity index (χ0) is 15.8. The lowest BCUT2D eigenvalue weighted by Crippen LogP contribution is -2.45. The number of nitrogens with two attached hydrogens (primary N) is 1. The van der Waals surface area contributed by atoms with Crippen molar-refractivity contribution < 1.29 is 9.59 Å². The molecule has 0 unspecified atom stereocenters. The molecule has 1 atom stereocenters. The second-order valence-electron chi connectivity index (χ2n) is 5.91. The maximum Gasteiger partial charge on any atom is 0.244 e. The molecule has 22 heavy (non-hydrogen) atoms. The Balaban J connectivity index is 1.88. The van der Waals surface area contributed by atoms with E-state index in [-0.39, 0.29) is 5.91 Å². The van der Waals surface area contributed by atoms with Crippen LogP contribution in [0.2, 0.25) is 0 Å². The van der Waals surface area contributed by atoms with Crippen LogP contribution in [-0.4, -0.2) is 17.9 Å². The SMILES string of the molecule is NC(=O)[C@H](Cc1ccccc1)NC(=O)/C=C\C1CCCCC1. The van der Waals surface area contributed by atoms with Gasteiger partial charge in [0.05, 0.1) is 0 Å². The molecule has 3 N–H and O–H groups in total. The molecular weight excluding hydrogens is 276 g/mol. The van der Waals surface area contributed by atoms with Crippen LogP contribution in [0.15, 0.2) is 42.5 Å². The number of hydrogen-bond acceptors (Lipinski definition) is 2. The fourth-order valence-corrected chi connectivity index (χ4v) is 2.84. The van der Waals surface area contributed by atoms with Gasteiger partial charge in [-0.25, -0.2) is 0 Å². The standard InChI is InChI=1S/C18H24N2O2/c19-18(22)16(13-15-9-5-2-6-10-15)20-17(21)12-11-14-7-3-1-4-8-14/h2,5-6,9-12,14,16H,1,3-4,7-8,13H2,(H2,19,22)(H,20,21)/b12-11-/t16-/m0/s1. The van der Waals surface area contributed by atoms with Crippen molar-refractivity contribution in [3.63, 3.8) is 0 Å². The summed E-state index contributed by atoms with van der Waals surface area (Å²) in [4.78, 5) is 23.5. The Morgan fingerprint density at radius 1 is 1.18 bits per heavy atom. The number of nitrogens with one attached hydrogen (secondary N) is 1. The zero-order valence-corrected chi connectivity index (χ0v) is 12.8. The first kappa shape index (κ1) is 16.3. The molecule has 1 aliphatic rings. The van der Waals surface area contributed by atoms with E-state index in [0.717, 1.165) is 18.4 Å². The molecule has 4 nitrogen and oxygen atoms in total. The monoisotopic (exact) mass is 300 g/mol. The van der Waals surface area contributed by atoms with E-state index in [1.165, 1.54) is 19.3 Å². The summed E-state index contributed by atoms with van der Waals surface area (Å²) in [5, 5.41) is 2.70. The van der Waals surface area contributed by atoms with Crippen LogP contribution >= 0.6 is 0 Å². The summed E-state index contributed by atoms with van der Waals surface area (Å²) >= 11 is 0. The fraction of sp³-hybridized carbons (Fsp3) is 0.444. The normalized spacial score (nSPS) is 17.3. The molecule has 4 heteroatoms. The highest BCUT2D eigenvalue weighted by atomic mass is 16.2. The van der Waals surface area contributed by atoms with Gasteiger partial charge in [-0.3, -0.25) is 9.59 Å². The number of hydrogen-bond donors (Lipinski definition) is 2. The van der Waals surface area contributed by atoms with Gasteiger partial charge in [-0.2, -0.15) is 0 Å². The molecule has 0 radical (unpaired) electrons. The summed E-state index contributed by atoms with van der Waals surface area (Å²) in [6.45, 7) is 0. The van der Waals surface area contributed by atoms with Crippen LogP contribution < -0.4 is 11.1 Å². The van der Waals surface area contributed by atoms with Gasteiger partial charge in [0, 0.05) is 6.42 Å². The number of rotatable bonds is 6. The van der Waals surface area contributed by atoms with Crippen molar-refractivity contribution in [1.29, 1.82) is 0 Å². The lowest BCUT2D eigenvalue weighted by Gasteiger charge is -2.18. The second kappa shape index (κ2) is 8.37. The van der Waals surface area contributed by atoms with E-state index in [2.05, 4.69) is 5.32 Å². The molecule has 118 valence electrons. The molecular formula is C18H24N2O2. The topological polar surface area (TPSA) is 72.2 Å². The summed E-state index contributed by atoms with van der Waals surface area (Å²) in [5.41, 5.74) is 6.37. The van der Waals surface area contributed by atoms with Crippen molar-refractivity contribution in [1.82, 2.24) is 5.32 Å². The summed E-state index contributed by atoms with van der Waals surface area (Å²) in [5.74, 6) is -0.269. The van der Waals surface area contributed by atoms with Gasteiger partial charge in [0.1, 0.15) is 6.04 Å². The van der Waals surface area contributed by atoms with Crippen LogP contribution in [0.5, 0.6) is 0 Å². The Labute approximate surface area is 131 Å². The number of amides is 2. The largest absolute Gasteiger partial charge is 0.368 e. The Morgan fingerprint density at radius 2 is 1.86 bits per heavy atom. The Hall–Kier alpha value is -2.10. The van der Waals surface area contributed by atoms with E-state index >= 15 is 0 Å². The Morgan fingerprint density at radius 3 is 2.50 bits per heavy atom. The lowest BCUT2D eigenvalue weighted by molar-refractivity contribution is -0.124. The highest BCUT2D eigenvalue weighted by Crippen LogP contribution is 2.24. The summed E-state index contributed by atoms with van der Waals surface area (Å²) in [6, 6.07) is 8.87. The molecule has 1 fully saturated rings. The molecule has 2 rings (SSSR count). The minimum atomic E-state index is -0.675. The van der Waals surface area contributed by atoms with Gasteiger partial charge < -0.3 is 11.1 Å². The molecule has 0 spiro atoms. The van der Waals surface area contributed by atoms with Gasteiger partial charge in [-0.1, -0.05) is 55.7 Å². The summed E-state index contributed by atoms with van der Waals surface area (Å²) < 4.78 is 0. The van der Waals surface area contributed by atoms with Crippen molar-refractivity contribution in [2.45, 2.75) is 44.6 Å². The molecule has 2 amide bonds. The number of primary amides is 1. The quantitative estimate of drug-likeness (QED) is 0.791. The van der Waals surface area contributed by atoms with E-state index in [1.807, 2.05) is 36.4 Å². The van der Waals surface area contributed by atoms with E-state index < -0.39 is 11.9 Å². The average Bonchev–Trinajstić information content (AvgIpc) is 2.54. The molecule has 0 saturated heterocycles. The van der Waals surface area contributed by atoms with Crippen molar-refractivity contribution in [2.24, 2.45) is 11.7 Å². The highest BCUT2D eigenvalue weighted by Gasteiger charge is 2.18. The summed E-state index contributed by atoms with van der Waals surface area (Å²) in [7, 11) is 0. The lowest BCUT2D eigenvalue weighted by atomic mass is 9.89. The van der Waals surface area contributed by atoms with Crippen LogP contribution in [0.4, 0.5) is 0 Å². The highest BCUT2D eigenvalue weighted by molar-refractivity contribution is 5.92. The maximum atomic E-state index is 12.0. The fourth-order valence-electron chi connectivity index (χ4n) is 2.84. The van der Waals surface area contributed by atoms with E-state index in [1.54, 1.807) is 6.08 Å². The van der Waals surface area contributed by atoms with Gasteiger partial charge in [0.25, 0.3) is 0 Å². The van der Waals surface area contributed by atoms with Gasteiger partial charge in [0.15, 0.2) is 0 Å². The van der Waals surface area contributed by atoms with Crippen molar-refractivity contribution >= 4 is 11.8 Å². The number of carbonyl (C=O) groups is 2. The minimum absolute atomic E-state index is 0.245. The smallest absolute Gasteiger partial charge is 0.244 e. The van der Waals surface area contributed by atoms with Crippen molar-refractivity contribution in [3.8, 4) is 0 Å². The number of allylic oxidation sites excluding steroid dienone is 1. The third-order valence-corrected chi connectivity index (χ3v) is 4.11. The second-order valence-corrected chi connectivity index (χ2v) is 5.91. The van der Waals surface area contributed by atoms with Gasteiger partial charge in [-0.05, 0) is 30.4 Å². The third-order valence-electron chi connectivity index (χ3n) is 4.11. The number of carbonyl (C=O) groups excluding carboxylic acids is 2. The van der Waals surface area contributed by atoms with Gasteiger partial charge in [0.2, 0.25) is 11.8 Å². The van der Waals surface area contributed by atoms with Crippen LogP contribution in [-0.2, 0) is 16.0 Å². The van der Waals surface area contributed by atoms with Crippen molar-refractivity contribution in [2.75, 3.05) is 0 Å². The molecule has 0 aromatic heterocycles. The Bertz CT molecular complexity index is 519. The molecule has 0 aliphatic heterocycles. The molecule has 1 aromatic rings. The molecule has 0 bridgehead atoms. The van der Waals surface area contributed by atoms with Crippen LogP contribution in [0.25, 0.3) is 0 Å². The van der Waals surface area contributed by atoms with E-state index in [0.29, 0.717) is 12.3 Å². The summed E-state index contributed by atoms with van der Waals surface area (Å²) in [6.07, 6.45) is 9.98. The first-order chi connectivity index (χ1) is 10.6. The van der Waals surface area contributed by atoms with Gasteiger partial charge in [-0.15, -0.1) is 0 Å². The molecule has 1 saturated carbocycles. The molecule has 1 aromatic carbocycles. The zero-order valence-electron chi connectivity index (χ0n) is 12.8. The Kier molecular flexibility index (Phi) is 6.19. The number of benzene rings is 1. The van der Waals surface area contributed by atoms with Crippen LogP contribution in [0.1, 0.15) is 37.7 Å². The third kappa shape index (κ3) is 5.35. The van der Waals surface area contributed by atoms with Crippen LogP contribution in [0.3, 0.4) is 0 Å². The van der Waals surface area contributed by atoms with E-state index in [9.17, 15) is 9.59 Å². The predicted molar refractivity (Wildman–Crippen MR) is 87.0 cm³/mol.